The summed E-state index contributed by atoms with van der Waals surface area (Å²) in [7, 11) is 0. The van der Waals surface area contributed by atoms with Crippen molar-refractivity contribution in [1.82, 2.24) is 19.5 Å². The minimum Gasteiger partial charge on any atom is -0.506 e. The second kappa shape index (κ2) is 12.9. The number of fused-ring (bicyclic) bond motifs is 5. The lowest BCUT2D eigenvalue weighted by Gasteiger charge is -2.20. The lowest BCUT2D eigenvalue weighted by molar-refractivity contribution is 0.480. The average molecular weight is 733 g/mol. The molecule has 0 unspecified atom stereocenters. The summed E-state index contributed by atoms with van der Waals surface area (Å²) in [6.07, 6.45) is 3.42. The second-order valence-corrected chi connectivity index (χ2v) is 14.3. The molecule has 57 heavy (non-hydrogen) atoms. The van der Waals surface area contributed by atoms with Crippen LogP contribution in [0.3, 0.4) is 0 Å². The molecule has 2 N–H and O–H groups in total. The first-order valence-corrected chi connectivity index (χ1v) is 18.9. The third-order valence-corrected chi connectivity index (χ3v) is 11.1. The Labute approximate surface area is 327 Å². The van der Waals surface area contributed by atoms with Crippen molar-refractivity contribution < 1.29 is 10.2 Å². The van der Waals surface area contributed by atoms with Gasteiger partial charge in [0.25, 0.3) is 0 Å². The summed E-state index contributed by atoms with van der Waals surface area (Å²) in [4.78, 5) is 14.2. The van der Waals surface area contributed by atoms with E-state index in [0.29, 0.717) is 16.6 Å². The zero-order chi connectivity index (χ0) is 38.0. The van der Waals surface area contributed by atoms with Gasteiger partial charge in [-0.3, -0.25) is 14.5 Å². The van der Waals surface area contributed by atoms with Crippen LogP contribution in [0.2, 0.25) is 0 Å². The Morgan fingerprint density at radius 3 is 1.89 bits per heavy atom. The molecule has 0 fully saturated rings. The highest BCUT2D eigenvalue weighted by atomic mass is 16.3. The number of pyridine rings is 2. The number of hydrogen-bond acceptors (Lipinski definition) is 5. The van der Waals surface area contributed by atoms with Gasteiger partial charge in [0, 0.05) is 45.5 Å². The molecule has 0 aliphatic heterocycles. The first-order valence-electron chi connectivity index (χ1n) is 18.9. The number of para-hydroxylation sites is 3. The number of nitrogens with zero attached hydrogens (tertiary/aromatic N) is 4. The van der Waals surface area contributed by atoms with Crippen LogP contribution in [-0.2, 0) is 0 Å². The predicted molar refractivity (Wildman–Crippen MR) is 232 cm³/mol. The first kappa shape index (κ1) is 32.6. The van der Waals surface area contributed by atoms with E-state index < -0.39 is 0 Å². The van der Waals surface area contributed by atoms with Gasteiger partial charge >= 0.3 is 0 Å². The van der Waals surface area contributed by atoms with Crippen LogP contribution >= 0.6 is 0 Å². The van der Waals surface area contributed by atoms with Crippen molar-refractivity contribution in [1.29, 1.82) is 0 Å². The molecule has 3 heterocycles. The number of imidazole rings is 1. The van der Waals surface area contributed by atoms with Gasteiger partial charge in [-0.25, -0.2) is 4.98 Å². The monoisotopic (exact) mass is 732 g/mol. The summed E-state index contributed by atoms with van der Waals surface area (Å²) < 4.78 is 2.22. The van der Waals surface area contributed by atoms with Gasteiger partial charge in [0.2, 0.25) is 0 Å². The van der Waals surface area contributed by atoms with Gasteiger partial charge in [-0.2, -0.15) is 0 Å². The Morgan fingerprint density at radius 2 is 1.07 bits per heavy atom. The topological polar surface area (TPSA) is 84.1 Å². The molecule has 0 amide bonds. The van der Waals surface area contributed by atoms with Crippen LogP contribution in [0.5, 0.6) is 11.5 Å². The number of aromatic nitrogens is 4. The molecule has 3 aromatic heterocycles. The molecule has 268 valence electrons. The van der Waals surface area contributed by atoms with Crippen molar-refractivity contribution in [2.75, 3.05) is 0 Å². The minimum absolute atomic E-state index is 0.137. The number of aromatic hydroxyl groups is 2. The van der Waals surface area contributed by atoms with Crippen molar-refractivity contribution in [3.05, 3.63) is 182 Å². The highest BCUT2D eigenvalue weighted by molar-refractivity contribution is 6.25. The van der Waals surface area contributed by atoms with Crippen molar-refractivity contribution in [2.24, 2.45) is 0 Å². The lowest BCUT2D eigenvalue weighted by Crippen LogP contribution is -1.97. The number of hydrogen-bond donors (Lipinski definition) is 2. The number of benzene rings is 8. The molecule has 0 radical (unpaired) electrons. The Balaban J connectivity index is 1.16. The van der Waals surface area contributed by atoms with E-state index in [9.17, 15) is 10.2 Å². The van der Waals surface area contributed by atoms with E-state index in [2.05, 4.69) is 106 Å². The SMILES string of the molecule is Oc1c(-c2c3ccccc3c(-c3ccc(O)c4ncccc34)c3ccc(-c4ccc(-c5nc6ccccc6n5-c5ccccc5)cc4)cc23)ccc2cccnc12. The Morgan fingerprint density at radius 1 is 0.439 bits per heavy atom. The maximum atomic E-state index is 12.0. The van der Waals surface area contributed by atoms with E-state index in [-0.39, 0.29) is 11.5 Å². The molecule has 0 atom stereocenters. The lowest BCUT2D eigenvalue weighted by atomic mass is 9.83. The fourth-order valence-electron chi connectivity index (χ4n) is 8.52. The van der Waals surface area contributed by atoms with E-state index >= 15 is 0 Å². The predicted octanol–water partition coefficient (Wildman–Crippen LogP) is 12.5. The van der Waals surface area contributed by atoms with E-state index in [4.69, 9.17) is 4.98 Å². The molecule has 0 spiro atoms. The molecular weight excluding hydrogens is 701 g/mol. The summed E-state index contributed by atoms with van der Waals surface area (Å²) in [6.45, 7) is 0. The molecule has 8 aromatic carbocycles. The van der Waals surface area contributed by atoms with Crippen LogP contribution in [0.25, 0.3) is 105 Å². The molecule has 6 heteroatoms. The Bertz CT molecular complexity index is 3370. The maximum absolute atomic E-state index is 12.0. The highest BCUT2D eigenvalue weighted by Gasteiger charge is 2.22. The van der Waals surface area contributed by atoms with E-state index in [1.165, 1.54) is 0 Å². The molecule has 0 aliphatic carbocycles. The highest BCUT2D eigenvalue weighted by Crippen LogP contribution is 2.49. The van der Waals surface area contributed by atoms with Gasteiger partial charge in [-0.05, 0) is 104 Å². The number of rotatable bonds is 5. The average Bonchev–Trinajstić information content (AvgIpc) is 3.67. The van der Waals surface area contributed by atoms with Gasteiger partial charge in [0.1, 0.15) is 28.4 Å². The summed E-state index contributed by atoms with van der Waals surface area (Å²) in [5, 5.41) is 28.5. The fourth-order valence-corrected chi connectivity index (χ4v) is 8.52. The maximum Gasteiger partial charge on any atom is 0.149 e. The molecule has 0 bridgehead atoms. The third kappa shape index (κ3) is 5.15. The summed E-state index contributed by atoms with van der Waals surface area (Å²) in [5.74, 6) is 1.16. The van der Waals surface area contributed by atoms with E-state index in [0.717, 1.165) is 88.2 Å². The summed E-state index contributed by atoms with van der Waals surface area (Å²) in [6, 6.07) is 57.6. The van der Waals surface area contributed by atoms with Crippen molar-refractivity contribution >= 4 is 54.4 Å². The van der Waals surface area contributed by atoms with E-state index in [1.807, 2.05) is 72.8 Å². The van der Waals surface area contributed by atoms with Crippen LogP contribution < -0.4 is 0 Å². The zero-order valence-electron chi connectivity index (χ0n) is 30.5. The molecule has 6 nitrogen and oxygen atoms in total. The van der Waals surface area contributed by atoms with E-state index in [1.54, 1.807) is 18.5 Å². The normalized spacial score (nSPS) is 11.6. The van der Waals surface area contributed by atoms with Gasteiger partial charge < -0.3 is 10.2 Å². The summed E-state index contributed by atoms with van der Waals surface area (Å²) in [5.41, 5.74) is 10.9. The van der Waals surface area contributed by atoms with Crippen LogP contribution in [0, 0.1) is 0 Å². The smallest absolute Gasteiger partial charge is 0.149 e. The first-order chi connectivity index (χ1) is 28.1. The number of phenolic OH excluding ortho intramolecular Hbond substituents is 2. The third-order valence-electron chi connectivity index (χ3n) is 11.1. The molecule has 11 aromatic rings. The van der Waals surface area contributed by atoms with Gasteiger partial charge in [-0.15, -0.1) is 0 Å². The second-order valence-electron chi connectivity index (χ2n) is 14.3. The molecular formula is C51H32N4O2. The van der Waals surface area contributed by atoms with Crippen molar-refractivity contribution in [3.8, 4) is 62.0 Å². The molecule has 0 aliphatic rings. The van der Waals surface area contributed by atoms with Gasteiger partial charge in [0.15, 0.2) is 0 Å². The van der Waals surface area contributed by atoms with Crippen LogP contribution in [0.15, 0.2) is 182 Å². The number of phenols is 2. The van der Waals surface area contributed by atoms with Crippen molar-refractivity contribution in [2.45, 2.75) is 0 Å². The zero-order valence-corrected chi connectivity index (χ0v) is 30.5. The molecule has 11 rings (SSSR count). The fraction of sp³-hybridized carbons (Fsp3) is 0. The quantitative estimate of drug-likeness (QED) is 0.172. The van der Waals surface area contributed by atoms with Crippen LogP contribution in [-0.4, -0.2) is 29.7 Å². The van der Waals surface area contributed by atoms with Crippen LogP contribution in [0.4, 0.5) is 0 Å². The Kier molecular flexibility index (Phi) is 7.37. The largest absolute Gasteiger partial charge is 0.506 e. The Hall–Kier alpha value is -7.83. The standard InChI is InChI=1S/C51H32N4O2/c56-45-27-26-38(40-15-9-29-53-49(40)45)46-36-13-4-5-14-37(36)47(41-25-22-32-10-8-28-52-48(32)50(41)57)42-30-34(23-24-39(42)46)31-18-20-33(21-19-31)51-54-43-16-6-7-17-44(43)55(51)35-11-2-1-3-12-35/h1-30,56-57H. The van der Waals surface area contributed by atoms with Gasteiger partial charge in [0.05, 0.1) is 11.0 Å². The van der Waals surface area contributed by atoms with Crippen molar-refractivity contribution in [3.63, 3.8) is 0 Å². The molecule has 0 saturated heterocycles. The molecule has 0 saturated carbocycles. The summed E-state index contributed by atoms with van der Waals surface area (Å²) >= 11 is 0. The van der Waals surface area contributed by atoms with Gasteiger partial charge in [-0.1, -0.05) is 109 Å². The van der Waals surface area contributed by atoms with Crippen LogP contribution in [0.1, 0.15) is 0 Å². The minimum atomic E-state index is 0.137.